The Kier molecular flexibility index (Phi) is 2.28. The van der Waals surface area contributed by atoms with E-state index < -0.39 is 6.55 Å². The molecule has 0 aromatic carbocycles. The van der Waals surface area contributed by atoms with Gasteiger partial charge in [0.05, 0.1) is 12.8 Å². The average molecular weight is 187 g/mol. The Balaban J connectivity index is 2.12. The predicted octanol–water partition coefficient (Wildman–Crippen LogP) is 0.900. The first-order valence-corrected chi connectivity index (χ1v) is 3.71. The molecular formula is C6H6BF2N2O2. The lowest BCUT2D eigenvalue weighted by molar-refractivity contribution is -0.183. The second kappa shape index (κ2) is 3.43. The molecule has 7 heteroatoms. The fourth-order valence-corrected chi connectivity index (χ4v) is 1.08. The highest BCUT2D eigenvalue weighted by Crippen LogP contribution is 2.20. The van der Waals surface area contributed by atoms with Crippen molar-refractivity contribution in [2.24, 2.45) is 0 Å². The topological polar surface area (TPSA) is 36.3 Å². The highest BCUT2D eigenvalue weighted by molar-refractivity contribution is 6.30. The summed E-state index contributed by atoms with van der Waals surface area (Å²) in [5.74, 6) is -0.104. The second-order valence-corrected chi connectivity index (χ2v) is 2.65. The van der Waals surface area contributed by atoms with Crippen LogP contribution in [0.15, 0.2) is 12.4 Å². The minimum absolute atomic E-state index is 0.104. The lowest BCUT2D eigenvalue weighted by atomic mass is 9.78. The van der Waals surface area contributed by atoms with Gasteiger partial charge in [-0.15, -0.1) is 0 Å². The van der Waals surface area contributed by atoms with Gasteiger partial charge in [0.2, 0.25) is 0 Å². The van der Waals surface area contributed by atoms with Crippen LogP contribution in [0.2, 0.25) is 0 Å². The fourth-order valence-electron chi connectivity index (χ4n) is 1.08. The third-order valence-corrected chi connectivity index (χ3v) is 1.79. The largest absolute Gasteiger partial charge is 0.354 e. The molecule has 1 aliphatic rings. The van der Waals surface area contributed by atoms with E-state index in [9.17, 15) is 8.78 Å². The fraction of sp³-hybridized carbons (Fsp3) is 0.500. The van der Waals surface area contributed by atoms with Gasteiger partial charge in [-0.3, -0.25) is 4.89 Å². The van der Waals surface area contributed by atoms with Crippen LogP contribution in [0.4, 0.5) is 8.78 Å². The minimum atomic E-state index is -2.60. The van der Waals surface area contributed by atoms with E-state index in [1.807, 2.05) is 0 Å². The standard InChI is InChI=1S/C6H6BF2N2O2/c8-6(9)11-2-4(1-10-11)5-3-12-13-7-5/h1-2,5-6H,3H2. The second-order valence-electron chi connectivity index (χ2n) is 2.65. The van der Waals surface area contributed by atoms with E-state index in [0.29, 0.717) is 16.9 Å². The van der Waals surface area contributed by atoms with Gasteiger partial charge in [0.1, 0.15) is 0 Å². The van der Waals surface area contributed by atoms with Crippen LogP contribution in [0, 0.1) is 0 Å². The van der Waals surface area contributed by atoms with Crippen molar-refractivity contribution in [3.05, 3.63) is 18.0 Å². The van der Waals surface area contributed by atoms with Crippen LogP contribution in [-0.2, 0) is 9.69 Å². The van der Waals surface area contributed by atoms with E-state index in [-0.39, 0.29) is 5.82 Å². The molecule has 13 heavy (non-hydrogen) atoms. The van der Waals surface area contributed by atoms with E-state index >= 15 is 0 Å². The van der Waals surface area contributed by atoms with E-state index in [2.05, 4.69) is 14.8 Å². The summed E-state index contributed by atoms with van der Waals surface area (Å²) in [5, 5.41) is 3.50. The van der Waals surface area contributed by atoms with Crippen molar-refractivity contribution < 1.29 is 18.5 Å². The summed E-state index contributed by atoms with van der Waals surface area (Å²) >= 11 is 0. The van der Waals surface area contributed by atoms with Crippen molar-refractivity contribution >= 4 is 7.48 Å². The molecule has 0 N–H and O–H groups in total. The van der Waals surface area contributed by atoms with Gasteiger partial charge in [-0.05, 0) is 5.56 Å². The zero-order valence-corrected chi connectivity index (χ0v) is 6.56. The normalized spacial score (nSPS) is 22.2. The number of aromatic nitrogens is 2. The monoisotopic (exact) mass is 187 g/mol. The van der Waals surface area contributed by atoms with Gasteiger partial charge in [-0.25, -0.2) is 4.68 Å². The number of hydrogen-bond acceptors (Lipinski definition) is 3. The van der Waals surface area contributed by atoms with Crippen LogP contribution >= 0.6 is 0 Å². The molecule has 1 aromatic heterocycles. The summed E-state index contributed by atoms with van der Waals surface area (Å²) in [7, 11) is 1.45. The molecule has 0 aliphatic carbocycles. The van der Waals surface area contributed by atoms with Crippen molar-refractivity contribution in [3.63, 3.8) is 0 Å². The first kappa shape index (κ1) is 8.64. The SMILES string of the molecule is FC(F)n1cc(C2[B]OOC2)cn1. The third kappa shape index (κ3) is 1.71. The van der Waals surface area contributed by atoms with E-state index in [4.69, 9.17) is 0 Å². The minimum Gasteiger partial charge on any atom is -0.310 e. The molecule has 0 saturated carbocycles. The molecule has 69 valence electrons. The molecule has 2 heterocycles. The number of nitrogens with zero attached hydrogens (tertiary/aromatic N) is 2. The molecule has 0 amide bonds. The summed E-state index contributed by atoms with van der Waals surface area (Å²) in [6.45, 7) is -2.26. The smallest absolute Gasteiger partial charge is 0.310 e. The molecule has 0 bridgehead atoms. The van der Waals surface area contributed by atoms with Crippen molar-refractivity contribution in [1.29, 1.82) is 0 Å². The maximum absolute atomic E-state index is 12.1. The Morgan fingerprint density at radius 3 is 3.08 bits per heavy atom. The zero-order chi connectivity index (χ0) is 9.26. The molecule has 1 radical (unpaired) electrons. The molecule has 4 nitrogen and oxygen atoms in total. The van der Waals surface area contributed by atoms with Crippen molar-refractivity contribution in [1.82, 2.24) is 9.78 Å². The van der Waals surface area contributed by atoms with Crippen molar-refractivity contribution in [3.8, 4) is 0 Å². The quantitative estimate of drug-likeness (QED) is 0.509. The summed E-state index contributed by atoms with van der Waals surface area (Å²) in [6, 6.07) is 0. The number of hydrogen-bond donors (Lipinski definition) is 0. The average Bonchev–Trinajstić information content (AvgIpc) is 2.75. The van der Waals surface area contributed by atoms with Crippen LogP contribution in [0.25, 0.3) is 0 Å². The highest BCUT2D eigenvalue weighted by Gasteiger charge is 2.24. The first-order valence-electron chi connectivity index (χ1n) is 3.71. The molecule has 0 spiro atoms. The molecule has 1 aliphatic heterocycles. The van der Waals surface area contributed by atoms with Crippen molar-refractivity contribution in [2.75, 3.05) is 6.61 Å². The maximum Gasteiger partial charge on any atom is 0.354 e. The predicted molar refractivity (Wildman–Crippen MR) is 39.0 cm³/mol. The van der Waals surface area contributed by atoms with Crippen LogP contribution in [0.1, 0.15) is 17.9 Å². The van der Waals surface area contributed by atoms with Crippen LogP contribution in [-0.4, -0.2) is 23.9 Å². The number of halogens is 2. The Morgan fingerprint density at radius 1 is 1.69 bits per heavy atom. The molecule has 1 atom stereocenters. The van der Waals surface area contributed by atoms with Gasteiger partial charge < -0.3 is 4.81 Å². The van der Waals surface area contributed by atoms with E-state index in [1.165, 1.54) is 19.9 Å². The molecule has 1 fully saturated rings. The zero-order valence-electron chi connectivity index (χ0n) is 6.56. The number of alkyl halides is 2. The first-order chi connectivity index (χ1) is 6.27. The molecule has 1 saturated heterocycles. The van der Waals surface area contributed by atoms with Crippen LogP contribution in [0.5, 0.6) is 0 Å². The molecule has 1 unspecified atom stereocenters. The Morgan fingerprint density at radius 2 is 2.54 bits per heavy atom. The summed E-state index contributed by atoms with van der Waals surface area (Å²) in [6.07, 6.45) is 2.66. The van der Waals surface area contributed by atoms with Gasteiger partial charge in [0.15, 0.2) is 0 Å². The Hall–Kier alpha value is -0.945. The Labute approximate surface area is 73.6 Å². The summed E-state index contributed by atoms with van der Waals surface area (Å²) in [4.78, 5) is 9.13. The number of rotatable bonds is 2. The van der Waals surface area contributed by atoms with Crippen LogP contribution < -0.4 is 0 Å². The molecule has 2 rings (SSSR count). The lowest BCUT2D eigenvalue weighted by Crippen LogP contribution is -2.03. The van der Waals surface area contributed by atoms with Gasteiger partial charge >= 0.3 is 14.0 Å². The summed E-state index contributed by atoms with van der Waals surface area (Å²) < 4.78 is 24.8. The molecule has 1 aromatic rings. The Bertz CT molecular complexity index is 288. The van der Waals surface area contributed by atoms with Crippen LogP contribution in [0.3, 0.4) is 0 Å². The van der Waals surface area contributed by atoms with Gasteiger partial charge in [0.25, 0.3) is 0 Å². The van der Waals surface area contributed by atoms with E-state index in [0.717, 1.165) is 0 Å². The van der Waals surface area contributed by atoms with Gasteiger partial charge in [-0.1, -0.05) is 0 Å². The third-order valence-electron chi connectivity index (χ3n) is 1.79. The molecular weight excluding hydrogens is 181 g/mol. The van der Waals surface area contributed by atoms with Gasteiger partial charge in [0, 0.05) is 12.0 Å². The highest BCUT2D eigenvalue weighted by atomic mass is 19.3. The van der Waals surface area contributed by atoms with Crippen molar-refractivity contribution in [2.45, 2.75) is 12.4 Å². The van der Waals surface area contributed by atoms with E-state index in [1.54, 1.807) is 0 Å². The summed E-state index contributed by atoms with van der Waals surface area (Å²) in [5.41, 5.74) is 0.665. The lowest BCUT2D eigenvalue weighted by Gasteiger charge is -1.98. The van der Waals surface area contributed by atoms with Gasteiger partial charge in [-0.2, -0.15) is 13.9 Å². The maximum atomic E-state index is 12.1.